The summed E-state index contributed by atoms with van der Waals surface area (Å²) in [6.45, 7) is 1.85. The lowest BCUT2D eigenvalue weighted by Crippen LogP contribution is -2.07. The second kappa shape index (κ2) is 5.91. The molecule has 0 atom stereocenters. The number of nitrogens with one attached hydrogen (secondary N) is 1. The molecular weight excluding hydrogens is 242 g/mol. The molecule has 2 rings (SSSR count). The van der Waals surface area contributed by atoms with Gasteiger partial charge in [-0.1, -0.05) is 6.07 Å². The first kappa shape index (κ1) is 13.0. The average Bonchev–Trinajstić information content (AvgIpc) is 2.82. The van der Waals surface area contributed by atoms with Crippen molar-refractivity contribution in [3.8, 4) is 5.75 Å². The first-order valence-corrected chi connectivity index (χ1v) is 5.87. The standard InChI is InChI=1S/C15H15NO3/c1-11-6-7-13(19-11)8-9-15(17)16-12-4-3-5-14(10-12)18-2/h3-10H,1-2H3,(H,16,17)/b9-8+. The van der Waals surface area contributed by atoms with Gasteiger partial charge in [0.05, 0.1) is 7.11 Å². The summed E-state index contributed by atoms with van der Waals surface area (Å²) in [4.78, 5) is 11.7. The molecular formula is C15H15NO3. The molecule has 1 heterocycles. The number of benzene rings is 1. The van der Waals surface area contributed by atoms with E-state index < -0.39 is 0 Å². The smallest absolute Gasteiger partial charge is 0.248 e. The van der Waals surface area contributed by atoms with Crippen LogP contribution in [0.1, 0.15) is 11.5 Å². The van der Waals surface area contributed by atoms with Crippen LogP contribution in [0.25, 0.3) is 6.08 Å². The van der Waals surface area contributed by atoms with E-state index in [1.54, 1.807) is 25.3 Å². The van der Waals surface area contributed by atoms with Gasteiger partial charge in [-0.05, 0) is 37.3 Å². The van der Waals surface area contributed by atoms with E-state index in [0.717, 1.165) is 5.76 Å². The molecule has 1 N–H and O–H groups in total. The molecule has 4 nitrogen and oxygen atoms in total. The highest BCUT2D eigenvalue weighted by atomic mass is 16.5. The zero-order chi connectivity index (χ0) is 13.7. The van der Waals surface area contributed by atoms with Crippen molar-refractivity contribution >= 4 is 17.7 Å². The fourth-order valence-corrected chi connectivity index (χ4v) is 1.59. The summed E-state index contributed by atoms with van der Waals surface area (Å²) >= 11 is 0. The molecule has 0 spiro atoms. The van der Waals surface area contributed by atoms with Gasteiger partial charge in [-0.25, -0.2) is 0 Å². The molecule has 0 aliphatic carbocycles. The van der Waals surface area contributed by atoms with Gasteiger partial charge < -0.3 is 14.5 Å². The maximum absolute atomic E-state index is 11.7. The minimum Gasteiger partial charge on any atom is -0.497 e. The van der Waals surface area contributed by atoms with Gasteiger partial charge in [-0.15, -0.1) is 0 Å². The lowest BCUT2D eigenvalue weighted by Gasteiger charge is -2.04. The fraction of sp³-hybridized carbons (Fsp3) is 0.133. The van der Waals surface area contributed by atoms with Crippen molar-refractivity contribution in [2.24, 2.45) is 0 Å². The summed E-state index contributed by atoms with van der Waals surface area (Å²) in [6, 6.07) is 10.8. The van der Waals surface area contributed by atoms with E-state index in [9.17, 15) is 4.79 Å². The van der Waals surface area contributed by atoms with Crippen LogP contribution in [0.3, 0.4) is 0 Å². The number of rotatable bonds is 4. The minimum absolute atomic E-state index is 0.220. The van der Waals surface area contributed by atoms with E-state index in [4.69, 9.17) is 9.15 Å². The van der Waals surface area contributed by atoms with Gasteiger partial charge in [0.2, 0.25) is 5.91 Å². The van der Waals surface area contributed by atoms with Crippen LogP contribution in [0.2, 0.25) is 0 Å². The molecule has 98 valence electrons. The predicted molar refractivity (Wildman–Crippen MR) is 74.1 cm³/mol. The number of carbonyl (C=O) groups excluding carboxylic acids is 1. The van der Waals surface area contributed by atoms with Gasteiger partial charge in [0.25, 0.3) is 0 Å². The third-order valence-electron chi connectivity index (χ3n) is 2.50. The molecule has 0 radical (unpaired) electrons. The Kier molecular flexibility index (Phi) is 4.03. The van der Waals surface area contributed by atoms with E-state index >= 15 is 0 Å². The van der Waals surface area contributed by atoms with Crippen LogP contribution in [-0.4, -0.2) is 13.0 Å². The van der Waals surface area contributed by atoms with Gasteiger partial charge >= 0.3 is 0 Å². The number of anilines is 1. The van der Waals surface area contributed by atoms with E-state index in [2.05, 4.69) is 5.32 Å². The number of hydrogen-bond acceptors (Lipinski definition) is 3. The zero-order valence-electron chi connectivity index (χ0n) is 10.8. The topological polar surface area (TPSA) is 51.5 Å². The molecule has 0 unspecified atom stereocenters. The van der Waals surface area contributed by atoms with Crippen molar-refractivity contribution in [1.82, 2.24) is 0 Å². The van der Waals surface area contributed by atoms with Crippen LogP contribution in [0.15, 0.2) is 46.9 Å². The van der Waals surface area contributed by atoms with E-state index in [1.807, 2.05) is 31.2 Å². The molecule has 4 heteroatoms. The highest BCUT2D eigenvalue weighted by Crippen LogP contribution is 2.16. The second-order valence-corrected chi connectivity index (χ2v) is 4.00. The molecule has 1 aromatic carbocycles. The Bertz CT molecular complexity index is 599. The lowest BCUT2D eigenvalue weighted by atomic mass is 10.3. The third-order valence-corrected chi connectivity index (χ3v) is 2.50. The van der Waals surface area contributed by atoms with Crippen molar-refractivity contribution in [3.63, 3.8) is 0 Å². The van der Waals surface area contributed by atoms with Crippen molar-refractivity contribution in [3.05, 3.63) is 54.0 Å². The highest BCUT2D eigenvalue weighted by molar-refractivity contribution is 6.01. The Labute approximate surface area is 111 Å². The van der Waals surface area contributed by atoms with E-state index in [1.165, 1.54) is 6.08 Å². The molecule has 0 fully saturated rings. The van der Waals surface area contributed by atoms with Crippen LogP contribution < -0.4 is 10.1 Å². The average molecular weight is 257 g/mol. The number of amides is 1. The summed E-state index contributed by atoms with van der Waals surface area (Å²) in [6.07, 6.45) is 3.06. The second-order valence-electron chi connectivity index (χ2n) is 4.00. The minimum atomic E-state index is -0.220. The van der Waals surface area contributed by atoms with Crippen molar-refractivity contribution in [2.75, 3.05) is 12.4 Å². The Balaban J connectivity index is 1.99. The Hall–Kier alpha value is -2.49. The Morgan fingerprint density at radius 1 is 1.32 bits per heavy atom. The van der Waals surface area contributed by atoms with Crippen LogP contribution in [0, 0.1) is 6.92 Å². The molecule has 0 bridgehead atoms. The highest BCUT2D eigenvalue weighted by Gasteiger charge is 2.00. The molecule has 2 aromatic rings. The molecule has 0 saturated carbocycles. The third kappa shape index (κ3) is 3.74. The van der Waals surface area contributed by atoms with Gasteiger partial charge in [0, 0.05) is 17.8 Å². The SMILES string of the molecule is COc1cccc(NC(=O)/C=C/c2ccc(C)o2)c1. The molecule has 0 aliphatic rings. The van der Waals surface area contributed by atoms with Gasteiger partial charge in [0.1, 0.15) is 17.3 Å². The fourth-order valence-electron chi connectivity index (χ4n) is 1.59. The van der Waals surface area contributed by atoms with Crippen LogP contribution >= 0.6 is 0 Å². The van der Waals surface area contributed by atoms with Gasteiger partial charge in [0.15, 0.2) is 0 Å². The summed E-state index contributed by atoms with van der Waals surface area (Å²) in [5.41, 5.74) is 0.685. The largest absolute Gasteiger partial charge is 0.497 e. The first-order chi connectivity index (χ1) is 9.17. The number of furan rings is 1. The lowest BCUT2D eigenvalue weighted by molar-refractivity contribution is -0.111. The summed E-state index contributed by atoms with van der Waals surface area (Å²) in [7, 11) is 1.58. The molecule has 1 aromatic heterocycles. The Morgan fingerprint density at radius 2 is 2.16 bits per heavy atom. The number of methoxy groups -OCH3 is 1. The normalized spacial score (nSPS) is 10.6. The number of carbonyl (C=O) groups is 1. The molecule has 0 aliphatic heterocycles. The summed E-state index contributed by atoms with van der Waals surface area (Å²) < 4.78 is 10.4. The van der Waals surface area contributed by atoms with Crippen molar-refractivity contribution in [2.45, 2.75) is 6.92 Å². The predicted octanol–water partition coefficient (Wildman–Crippen LogP) is 3.25. The monoisotopic (exact) mass is 257 g/mol. The van der Waals surface area contributed by atoms with Crippen LogP contribution in [0.5, 0.6) is 5.75 Å². The maximum atomic E-state index is 11.7. The zero-order valence-corrected chi connectivity index (χ0v) is 10.8. The molecule has 19 heavy (non-hydrogen) atoms. The number of aryl methyl sites for hydroxylation is 1. The maximum Gasteiger partial charge on any atom is 0.248 e. The van der Waals surface area contributed by atoms with Crippen molar-refractivity contribution < 1.29 is 13.9 Å². The molecule has 1 amide bonds. The van der Waals surface area contributed by atoms with Crippen molar-refractivity contribution in [1.29, 1.82) is 0 Å². The Morgan fingerprint density at radius 3 is 2.84 bits per heavy atom. The van der Waals surface area contributed by atoms with Gasteiger partial charge in [-0.3, -0.25) is 4.79 Å². The molecule has 0 saturated heterocycles. The quantitative estimate of drug-likeness (QED) is 0.855. The van der Waals surface area contributed by atoms with Crippen LogP contribution in [-0.2, 0) is 4.79 Å². The first-order valence-electron chi connectivity index (χ1n) is 5.87. The van der Waals surface area contributed by atoms with E-state index in [0.29, 0.717) is 17.2 Å². The number of ether oxygens (including phenoxy) is 1. The van der Waals surface area contributed by atoms with Gasteiger partial charge in [-0.2, -0.15) is 0 Å². The summed E-state index contributed by atoms with van der Waals surface area (Å²) in [5.74, 6) is 1.94. The summed E-state index contributed by atoms with van der Waals surface area (Å²) in [5, 5.41) is 2.75. The van der Waals surface area contributed by atoms with E-state index in [-0.39, 0.29) is 5.91 Å². The van der Waals surface area contributed by atoms with Crippen LogP contribution in [0.4, 0.5) is 5.69 Å². The number of hydrogen-bond donors (Lipinski definition) is 1.